The van der Waals surface area contributed by atoms with Gasteiger partial charge >= 0.3 is 0 Å². The molecule has 1 aromatic rings. The van der Waals surface area contributed by atoms with Crippen LogP contribution in [0.3, 0.4) is 0 Å². The fourth-order valence-corrected chi connectivity index (χ4v) is 3.03. The predicted molar refractivity (Wildman–Crippen MR) is 59.4 cm³/mol. The van der Waals surface area contributed by atoms with E-state index in [4.69, 9.17) is 4.84 Å². The van der Waals surface area contributed by atoms with Crippen molar-refractivity contribution in [1.82, 2.24) is 5.06 Å². The van der Waals surface area contributed by atoms with Gasteiger partial charge < -0.3 is 0 Å². The molecule has 1 heterocycles. The van der Waals surface area contributed by atoms with E-state index in [1.807, 2.05) is 0 Å². The zero-order valence-electron chi connectivity index (χ0n) is 9.10. The highest BCUT2D eigenvalue weighted by atomic mass is 16.7. The molecular weight excluding hydrogens is 186 g/mol. The molecule has 1 aliphatic carbocycles. The van der Waals surface area contributed by atoms with Crippen LogP contribution in [0, 0.1) is 5.92 Å². The molecule has 1 aromatic carbocycles. The Balaban J connectivity index is 1.77. The van der Waals surface area contributed by atoms with Gasteiger partial charge in [0.2, 0.25) is 0 Å². The van der Waals surface area contributed by atoms with Crippen molar-refractivity contribution in [2.45, 2.75) is 24.8 Å². The molecule has 0 radical (unpaired) electrons. The largest absolute Gasteiger partial charge is 0.299 e. The molecule has 2 fully saturated rings. The van der Waals surface area contributed by atoms with Crippen molar-refractivity contribution in [3.8, 4) is 0 Å². The van der Waals surface area contributed by atoms with E-state index >= 15 is 0 Å². The smallest absolute Gasteiger partial charge is 0.0729 e. The average molecular weight is 203 g/mol. The van der Waals surface area contributed by atoms with Crippen molar-refractivity contribution >= 4 is 0 Å². The predicted octanol–water partition coefficient (Wildman–Crippen LogP) is 2.43. The molecule has 0 amide bonds. The molecule has 2 nitrogen and oxygen atoms in total. The van der Waals surface area contributed by atoms with Crippen molar-refractivity contribution in [2.24, 2.45) is 5.92 Å². The maximum Gasteiger partial charge on any atom is 0.0729 e. The molecule has 3 rings (SSSR count). The van der Waals surface area contributed by atoms with E-state index in [0.717, 1.165) is 18.4 Å². The Kier molecular flexibility index (Phi) is 2.26. The lowest BCUT2D eigenvalue weighted by Gasteiger charge is -2.17. The monoisotopic (exact) mass is 203 g/mol. The van der Waals surface area contributed by atoms with Gasteiger partial charge in [-0.05, 0) is 24.3 Å². The molecule has 80 valence electrons. The topological polar surface area (TPSA) is 12.5 Å². The summed E-state index contributed by atoms with van der Waals surface area (Å²) in [4.78, 5) is 5.54. The van der Waals surface area contributed by atoms with Gasteiger partial charge in [0.05, 0.1) is 6.61 Å². The van der Waals surface area contributed by atoms with E-state index in [2.05, 4.69) is 42.4 Å². The highest BCUT2D eigenvalue weighted by Gasteiger charge is 2.42. The zero-order valence-corrected chi connectivity index (χ0v) is 9.10. The van der Waals surface area contributed by atoms with Crippen LogP contribution >= 0.6 is 0 Å². The summed E-state index contributed by atoms with van der Waals surface area (Å²) in [6, 6.07) is 11.5. The molecular formula is C13H17NO. The Morgan fingerprint density at radius 3 is 2.73 bits per heavy atom. The Hall–Kier alpha value is -0.860. The van der Waals surface area contributed by atoms with Crippen molar-refractivity contribution in [2.75, 3.05) is 13.7 Å². The summed E-state index contributed by atoms with van der Waals surface area (Å²) in [7, 11) is 2.07. The zero-order chi connectivity index (χ0) is 10.3. The first-order valence-corrected chi connectivity index (χ1v) is 5.75. The van der Waals surface area contributed by atoms with Gasteiger partial charge in [-0.1, -0.05) is 30.3 Å². The molecule has 1 saturated carbocycles. The van der Waals surface area contributed by atoms with Crippen molar-refractivity contribution in [3.05, 3.63) is 35.9 Å². The summed E-state index contributed by atoms with van der Waals surface area (Å²) in [5.74, 6) is 1.49. The van der Waals surface area contributed by atoms with Gasteiger partial charge in [-0.25, -0.2) is 0 Å². The number of rotatable bonds is 1. The second kappa shape index (κ2) is 3.62. The van der Waals surface area contributed by atoms with Crippen LogP contribution < -0.4 is 0 Å². The normalized spacial score (nSPS) is 35.7. The highest BCUT2D eigenvalue weighted by molar-refractivity contribution is 5.21. The second-order valence-electron chi connectivity index (χ2n) is 4.75. The lowest BCUT2D eigenvalue weighted by Crippen LogP contribution is -2.24. The van der Waals surface area contributed by atoms with Gasteiger partial charge in [0.25, 0.3) is 0 Å². The molecule has 1 saturated heterocycles. The molecule has 0 N–H and O–H groups in total. The van der Waals surface area contributed by atoms with Gasteiger partial charge in [-0.3, -0.25) is 4.84 Å². The van der Waals surface area contributed by atoms with Crippen LogP contribution in [-0.2, 0) is 4.84 Å². The minimum Gasteiger partial charge on any atom is -0.299 e. The third kappa shape index (κ3) is 1.58. The number of fused-ring (bicyclic) bond motifs is 1. The van der Waals surface area contributed by atoms with E-state index in [1.54, 1.807) is 0 Å². The van der Waals surface area contributed by atoms with E-state index in [9.17, 15) is 0 Å². The average Bonchev–Trinajstić information content (AvgIpc) is 2.83. The van der Waals surface area contributed by atoms with E-state index in [1.165, 1.54) is 18.4 Å². The fraction of sp³-hybridized carbons (Fsp3) is 0.538. The summed E-state index contributed by atoms with van der Waals surface area (Å²) < 4.78 is 0. The SMILES string of the molecule is CN1OC[C@@H]2C[C@H](c3ccccc3)C[C@@H]21. The number of hydrogen-bond donors (Lipinski definition) is 0. The van der Waals surface area contributed by atoms with E-state index in [0.29, 0.717) is 6.04 Å². The summed E-state index contributed by atoms with van der Waals surface area (Å²) in [6.45, 7) is 0.921. The molecule has 0 unspecified atom stereocenters. The standard InChI is InChI=1S/C13H17NO/c1-14-13-8-11(7-12(13)9-15-14)10-5-3-2-4-6-10/h2-6,11-13H,7-9H2,1H3/t11-,12-,13-/m0/s1. The number of hydroxylamine groups is 2. The Morgan fingerprint density at radius 1 is 1.20 bits per heavy atom. The molecule has 0 spiro atoms. The van der Waals surface area contributed by atoms with Gasteiger partial charge in [0.15, 0.2) is 0 Å². The maximum absolute atomic E-state index is 5.54. The summed E-state index contributed by atoms with van der Waals surface area (Å²) >= 11 is 0. The van der Waals surface area contributed by atoms with Gasteiger partial charge in [0, 0.05) is 19.0 Å². The Labute approximate surface area is 90.8 Å². The highest BCUT2D eigenvalue weighted by Crippen LogP contribution is 2.43. The first kappa shape index (κ1) is 9.37. The van der Waals surface area contributed by atoms with Crippen LogP contribution in [0.5, 0.6) is 0 Å². The van der Waals surface area contributed by atoms with E-state index < -0.39 is 0 Å². The number of hydrogen-bond acceptors (Lipinski definition) is 2. The third-order valence-electron chi connectivity index (χ3n) is 3.89. The second-order valence-corrected chi connectivity index (χ2v) is 4.75. The van der Waals surface area contributed by atoms with Crippen molar-refractivity contribution in [3.63, 3.8) is 0 Å². The first-order valence-electron chi connectivity index (χ1n) is 5.75. The van der Waals surface area contributed by atoms with Crippen LogP contribution in [0.2, 0.25) is 0 Å². The summed E-state index contributed by atoms with van der Waals surface area (Å²) in [5.41, 5.74) is 1.50. The minimum absolute atomic E-state index is 0.648. The molecule has 2 heteroatoms. The molecule has 1 aliphatic heterocycles. The maximum atomic E-state index is 5.54. The van der Waals surface area contributed by atoms with Crippen LogP contribution in [0.15, 0.2) is 30.3 Å². The lowest BCUT2D eigenvalue weighted by atomic mass is 9.97. The molecule has 15 heavy (non-hydrogen) atoms. The summed E-state index contributed by atoms with van der Waals surface area (Å²) in [6.07, 6.45) is 2.55. The van der Waals surface area contributed by atoms with Crippen LogP contribution in [-0.4, -0.2) is 24.8 Å². The molecule has 0 aromatic heterocycles. The minimum atomic E-state index is 0.648. The van der Waals surface area contributed by atoms with Gasteiger partial charge in [-0.2, -0.15) is 5.06 Å². The van der Waals surface area contributed by atoms with Gasteiger partial charge in [-0.15, -0.1) is 0 Å². The first-order chi connectivity index (χ1) is 7.34. The molecule has 0 bridgehead atoms. The number of benzene rings is 1. The molecule has 3 atom stereocenters. The fourth-order valence-electron chi connectivity index (χ4n) is 3.03. The third-order valence-corrected chi connectivity index (χ3v) is 3.89. The van der Waals surface area contributed by atoms with Crippen molar-refractivity contribution < 1.29 is 4.84 Å². The Morgan fingerprint density at radius 2 is 2.00 bits per heavy atom. The molecule has 2 aliphatic rings. The van der Waals surface area contributed by atoms with Crippen LogP contribution in [0.25, 0.3) is 0 Å². The summed E-state index contributed by atoms with van der Waals surface area (Å²) in [5, 5.41) is 2.06. The van der Waals surface area contributed by atoms with Gasteiger partial charge in [0.1, 0.15) is 0 Å². The van der Waals surface area contributed by atoms with Crippen LogP contribution in [0.1, 0.15) is 24.3 Å². The van der Waals surface area contributed by atoms with Crippen LogP contribution in [0.4, 0.5) is 0 Å². The Bertz CT molecular complexity index is 338. The lowest BCUT2D eigenvalue weighted by molar-refractivity contribution is -0.111. The van der Waals surface area contributed by atoms with E-state index in [-0.39, 0.29) is 0 Å². The van der Waals surface area contributed by atoms with Crippen molar-refractivity contribution in [1.29, 1.82) is 0 Å². The quantitative estimate of drug-likeness (QED) is 0.695. The number of nitrogens with zero attached hydrogens (tertiary/aromatic N) is 1.